The first-order valence-corrected chi connectivity index (χ1v) is 6.75. The maximum atomic E-state index is 11.5. The van der Waals surface area contributed by atoms with Crippen molar-refractivity contribution in [1.82, 2.24) is 10.2 Å². The minimum atomic E-state index is -0.0506. The Morgan fingerprint density at radius 3 is 2.76 bits per heavy atom. The van der Waals surface area contributed by atoms with E-state index in [9.17, 15) is 4.79 Å². The predicted octanol–water partition coefficient (Wildman–Crippen LogP) is 0.960. The zero-order chi connectivity index (χ0) is 12.8. The van der Waals surface area contributed by atoms with Crippen molar-refractivity contribution in [2.75, 3.05) is 19.6 Å². The van der Waals surface area contributed by atoms with E-state index in [1.165, 1.54) is 19.4 Å². The molecule has 1 fully saturated rings. The van der Waals surface area contributed by atoms with E-state index >= 15 is 0 Å². The van der Waals surface area contributed by atoms with Gasteiger partial charge in [-0.1, -0.05) is 13.8 Å². The van der Waals surface area contributed by atoms with E-state index in [2.05, 4.69) is 24.1 Å². The molecule has 2 atom stereocenters. The first-order valence-electron chi connectivity index (χ1n) is 6.75. The van der Waals surface area contributed by atoms with E-state index in [-0.39, 0.29) is 11.9 Å². The van der Waals surface area contributed by atoms with Gasteiger partial charge in [0.1, 0.15) is 0 Å². The highest BCUT2D eigenvalue weighted by atomic mass is 16.1. The second kappa shape index (κ2) is 6.97. The average Bonchev–Trinajstić information content (AvgIpc) is 2.60. The topological polar surface area (TPSA) is 58.4 Å². The van der Waals surface area contributed by atoms with Crippen LogP contribution in [0.25, 0.3) is 0 Å². The van der Waals surface area contributed by atoms with Crippen LogP contribution in [-0.2, 0) is 4.79 Å². The smallest absolute Gasteiger partial charge is 0.221 e. The summed E-state index contributed by atoms with van der Waals surface area (Å²) in [5.74, 6) is 0.770. The zero-order valence-electron chi connectivity index (χ0n) is 11.4. The van der Waals surface area contributed by atoms with E-state index in [0.717, 1.165) is 13.1 Å². The van der Waals surface area contributed by atoms with Crippen molar-refractivity contribution in [1.29, 1.82) is 0 Å². The summed E-state index contributed by atoms with van der Waals surface area (Å²) >= 11 is 0. The molecule has 4 nitrogen and oxygen atoms in total. The summed E-state index contributed by atoms with van der Waals surface area (Å²) in [7, 11) is 0. The predicted molar refractivity (Wildman–Crippen MR) is 70.7 cm³/mol. The molecule has 1 aliphatic heterocycles. The van der Waals surface area contributed by atoms with E-state index in [0.29, 0.717) is 18.4 Å². The minimum absolute atomic E-state index is 0.0506. The Hall–Kier alpha value is -0.610. The van der Waals surface area contributed by atoms with Crippen molar-refractivity contribution in [3.63, 3.8) is 0 Å². The molecule has 0 radical (unpaired) electrons. The molecule has 1 amide bonds. The van der Waals surface area contributed by atoms with E-state index < -0.39 is 0 Å². The Balaban J connectivity index is 2.27. The van der Waals surface area contributed by atoms with Gasteiger partial charge in [-0.3, -0.25) is 9.69 Å². The third-order valence-electron chi connectivity index (χ3n) is 3.14. The lowest BCUT2D eigenvalue weighted by Crippen LogP contribution is -2.42. The highest BCUT2D eigenvalue weighted by Crippen LogP contribution is 2.17. The molecule has 1 saturated heterocycles. The summed E-state index contributed by atoms with van der Waals surface area (Å²) in [5.41, 5.74) is 5.60. The van der Waals surface area contributed by atoms with Crippen LogP contribution in [0.4, 0.5) is 0 Å². The molecule has 100 valence electrons. The number of likely N-dealkylation sites (tertiary alicyclic amines) is 1. The van der Waals surface area contributed by atoms with Crippen LogP contribution < -0.4 is 11.1 Å². The largest absolute Gasteiger partial charge is 0.354 e. The maximum absolute atomic E-state index is 11.5. The molecule has 0 aromatic carbocycles. The monoisotopic (exact) mass is 241 g/mol. The van der Waals surface area contributed by atoms with E-state index in [1.807, 2.05) is 6.92 Å². The fourth-order valence-corrected chi connectivity index (χ4v) is 2.43. The molecule has 1 unspecified atom stereocenters. The second-order valence-electron chi connectivity index (χ2n) is 5.67. The van der Waals surface area contributed by atoms with Gasteiger partial charge in [-0.15, -0.1) is 0 Å². The summed E-state index contributed by atoms with van der Waals surface area (Å²) in [4.78, 5) is 14.0. The fraction of sp³-hybridized carbons (Fsp3) is 0.923. The summed E-state index contributed by atoms with van der Waals surface area (Å²) in [6.07, 6.45) is 2.88. The Labute approximate surface area is 105 Å². The molecule has 1 aliphatic rings. The number of hydrogen-bond donors (Lipinski definition) is 2. The number of amides is 1. The van der Waals surface area contributed by atoms with Gasteiger partial charge in [0.05, 0.1) is 0 Å². The molecule has 1 heterocycles. The number of nitrogens with zero attached hydrogens (tertiary/aromatic N) is 1. The highest BCUT2D eigenvalue weighted by molar-refractivity contribution is 5.76. The molecule has 0 spiro atoms. The van der Waals surface area contributed by atoms with Gasteiger partial charge >= 0.3 is 0 Å². The normalized spacial score (nSPS) is 23.0. The first-order chi connectivity index (χ1) is 7.99. The first kappa shape index (κ1) is 14.5. The Kier molecular flexibility index (Phi) is 5.92. The number of nitrogens with one attached hydrogen (secondary N) is 1. The van der Waals surface area contributed by atoms with Gasteiger partial charge < -0.3 is 11.1 Å². The van der Waals surface area contributed by atoms with Crippen molar-refractivity contribution in [2.24, 2.45) is 11.7 Å². The molecule has 0 saturated carbocycles. The number of rotatable bonds is 6. The van der Waals surface area contributed by atoms with Crippen LogP contribution in [0.2, 0.25) is 0 Å². The SMILES string of the molecule is CC(C)CN1CCC[C@@H]1CNC(=O)CC(C)N. The lowest BCUT2D eigenvalue weighted by molar-refractivity contribution is -0.121. The second-order valence-corrected chi connectivity index (χ2v) is 5.67. The average molecular weight is 241 g/mol. The lowest BCUT2D eigenvalue weighted by Gasteiger charge is -2.26. The van der Waals surface area contributed by atoms with Gasteiger partial charge in [-0.05, 0) is 32.2 Å². The van der Waals surface area contributed by atoms with E-state index in [1.54, 1.807) is 0 Å². The van der Waals surface area contributed by atoms with Gasteiger partial charge in [0, 0.05) is 31.6 Å². The molecule has 0 aromatic rings. The summed E-state index contributed by atoms with van der Waals surface area (Å²) in [5, 5.41) is 3.00. The molecule has 4 heteroatoms. The third kappa shape index (κ3) is 5.50. The Morgan fingerprint density at radius 2 is 2.18 bits per heavy atom. The molecule has 0 bridgehead atoms. The van der Waals surface area contributed by atoms with Gasteiger partial charge in [-0.2, -0.15) is 0 Å². The van der Waals surface area contributed by atoms with Crippen LogP contribution in [0.5, 0.6) is 0 Å². The van der Waals surface area contributed by atoms with Crippen molar-refractivity contribution in [2.45, 2.75) is 52.1 Å². The van der Waals surface area contributed by atoms with Crippen molar-refractivity contribution in [3.8, 4) is 0 Å². The quantitative estimate of drug-likeness (QED) is 0.728. The number of hydrogen-bond acceptors (Lipinski definition) is 3. The van der Waals surface area contributed by atoms with Crippen LogP contribution in [0, 0.1) is 5.92 Å². The van der Waals surface area contributed by atoms with Gasteiger partial charge in [0.15, 0.2) is 0 Å². The summed E-state index contributed by atoms with van der Waals surface area (Å²) in [6, 6.07) is 0.472. The molecule has 3 N–H and O–H groups in total. The number of carbonyl (C=O) groups excluding carboxylic acids is 1. The minimum Gasteiger partial charge on any atom is -0.354 e. The van der Waals surface area contributed by atoms with Crippen LogP contribution >= 0.6 is 0 Å². The molecule has 0 aromatic heterocycles. The van der Waals surface area contributed by atoms with Crippen LogP contribution in [0.15, 0.2) is 0 Å². The summed E-state index contributed by atoms with van der Waals surface area (Å²) < 4.78 is 0. The highest BCUT2D eigenvalue weighted by Gasteiger charge is 2.24. The van der Waals surface area contributed by atoms with Gasteiger partial charge in [0.2, 0.25) is 5.91 Å². The molecular formula is C13H27N3O. The molecular weight excluding hydrogens is 214 g/mol. The Morgan fingerprint density at radius 1 is 1.47 bits per heavy atom. The van der Waals surface area contributed by atoms with Crippen molar-refractivity contribution >= 4 is 5.91 Å². The molecule has 1 rings (SSSR count). The number of nitrogens with two attached hydrogens (primary N) is 1. The molecule has 17 heavy (non-hydrogen) atoms. The van der Waals surface area contributed by atoms with Gasteiger partial charge in [0.25, 0.3) is 0 Å². The van der Waals surface area contributed by atoms with Crippen molar-refractivity contribution < 1.29 is 4.79 Å². The third-order valence-corrected chi connectivity index (χ3v) is 3.14. The van der Waals surface area contributed by atoms with Crippen LogP contribution in [-0.4, -0.2) is 42.5 Å². The Bertz CT molecular complexity index is 241. The molecule has 0 aliphatic carbocycles. The maximum Gasteiger partial charge on any atom is 0.221 e. The zero-order valence-corrected chi connectivity index (χ0v) is 11.4. The van der Waals surface area contributed by atoms with Crippen LogP contribution in [0.1, 0.15) is 40.0 Å². The van der Waals surface area contributed by atoms with E-state index in [4.69, 9.17) is 5.73 Å². The summed E-state index contributed by atoms with van der Waals surface area (Å²) in [6.45, 7) is 9.42. The van der Waals surface area contributed by atoms with Gasteiger partial charge in [-0.25, -0.2) is 0 Å². The number of carbonyl (C=O) groups is 1. The fourth-order valence-electron chi connectivity index (χ4n) is 2.43. The van der Waals surface area contributed by atoms with Crippen LogP contribution in [0.3, 0.4) is 0 Å². The lowest BCUT2D eigenvalue weighted by atomic mass is 10.1. The standard InChI is InChI=1S/C13H27N3O/c1-10(2)9-16-6-4-5-12(16)8-15-13(17)7-11(3)14/h10-12H,4-9,14H2,1-3H3,(H,15,17)/t11?,12-/m1/s1. The van der Waals surface area contributed by atoms with Crippen molar-refractivity contribution in [3.05, 3.63) is 0 Å².